The Kier molecular flexibility index (Phi) is 6.45. The van der Waals surface area contributed by atoms with Crippen molar-refractivity contribution >= 4 is 23.6 Å². The first-order valence-corrected chi connectivity index (χ1v) is 10.1. The number of ether oxygens (including phenoxy) is 1. The van der Waals surface area contributed by atoms with Crippen LogP contribution in [0.3, 0.4) is 0 Å². The molecule has 2 aromatic rings. The first kappa shape index (κ1) is 21.4. The predicted octanol–water partition coefficient (Wildman–Crippen LogP) is 3.69. The fourth-order valence-corrected chi connectivity index (χ4v) is 3.59. The largest absolute Gasteiger partial charge is 0.456 e. The molecule has 156 valence electrons. The summed E-state index contributed by atoms with van der Waals surface area (Å²) in [6, 6.07) is 12.5. The number of esters is 1. The summed E-state index contributed by atoms with van der Waals surface area (Å²) in [6.07, 6.45) is 1.94. The third-order valence-corrected chi connectivity index (χ3v) is 5.14. The van der Waals surface area contributed by atoms with Gasteiger partial charge in [0.05, 0.1) is 11.1 Å². The lowest BCUT2D eigenvalue weighted by atomic mass is 10.0. The molecule has 2 amide bonds. The van der Waals surface area contributed by atoms with Gasteiger partial charge in [0.2, 0.25) is 0 Å². The van der Waals surface area contributed by atoms with Crippen LogP contribution >= 0.6 is 0 Å². The second-order valence-corrected chi connectivity index (χ2v) is 7.69. The van der Waals surface area contributed by atoms with Crippen LogP contribution in [0.2, 0.25) is 0 Å². The van der Waals surface area contributed by atoms with Crippen molar-refractivity contribution in [3.8, 4) is 0 Å². The Bertz CT molecular complexity index is 942. The van der Waals surface area contributed by atoms with Gasteiger partial charge in [-0.15, -0.1) is 0 Å². The minimum absolute atomic E-state index is 0.268. The van der Waals surface area contributed by atoms with Crippen molar-refractivity contribution < 1.29 is 23.9 Å². The first-order valence-electron chi connectivity index (χ1n) is 10.1. The molecular formula is C24H25NO5. The Morgan fingerprint density at radius 2 is 1.50 bits per heavy atom. The van der Waals surface area contributed by atoms with Crippen LogP contribution in [0.4, 0.5) is 0 Å². The third-order valence-electron chi connectivity index (χ3n) is 5.14. The van der Waals surface area contributed by atoms with Gasteiger partial charge in [-0.2, -0.15) is 0 Å². The maximum absolute atomic E-state index is 12.8. The summed E-state index contributed by atoms with van der Waals surface area (Å²) in [7, 11) is 0. The third kappa shape index (κ3) is 4.17. The molecule has 0 spiro atoms. The maximum Gasteiger partial charge on any atom is 0.330 e. The van der Waals surface area contributed by atoms with Crippen LogP contribution in [0.1, 0.15) is 63.8 Å². The Morgan fingerprint density at radius 3 is 2.00 bits per heavy atom. The predicted molar refractivity (Wildman–Crippen MR) is 111 cm³/mol. The molecule has 0 radical (unpaired) electrons. The van der Waals surface area contributed by atoms with E-state index in [9.17, 15) is 19.2 Å². The summed E-state index contributed by atoms with van der Waals surface area (Å²) in [4.78, 5) is 51.6. The quantitative estimate of drug-likeness (QED) is 0.379. The number of imide groups is 1. The van der Waals surface area contributed by atoms with Crippen molar-refractivity contribution in [2.24, 2.45) is 5.92 Å². The van der Waals surface area contributed by atoms with Gasteiger partial charge in [0.1, 0.15) is 6.04 Å². The maximum atomic E-state index is 12.8. The average Bonchev–Trinajstić information content (AvgIpc) is 2.98. The number of rotatable bonds is 8. The zero-order valence-electron chi connectivity index (χ0n) is 17.4. The zero-order valence-corrected chi connectivity index (χ0v) is 17.4. The molecular weight excluding hydrogens is 382 g/mol. The topological polar surface area (TPSA) is 80.8 Å². The standard InChI is InChI=1S/C24H25NO5/c1-4-7-16-10-12-17(13-11-16)20(26)14-30-24(29)21(15(2)3)25-22(27)18-8-5-6-9-19(18)23(25)28/h5-6,8-13,15,21H,4,7,14H2,1-3H3/t21-/m0/s1. The highest BCUT2D eigenvalue weighted by Gasteiger charge is 2.44. The SMILES string of the molecule is CCCc1ccc(C(=O)COC(=O)[C@H](C(C)C)N2C(=O)c3ccccc3C2=O)cc1. The van der Waals surface area contributed by atoms with Gasteiger partial charge in [-0.3, -0.25) is 19.3 Å². The number of ketones is 1. The second-order valence-electron chi connectivity index (χ2n) is 7.69. The van der Waals surface area contributed by atoms with E-state index >= 15 is 0 Å². The molecule has 2 aromatic carbocycles. The van der Waals surface area contributed by atoms with Crippen molar-refractivity contribution in [3.63, 3.8) is 0 Å². The lowest BCUT2D eigenvalue weighted by Gasteiger charge is -2.27. The minimum Gasteiger partial charge on any atom is -0.456 e. The first-order chi connectivity index (χ1) is 14.3. The Hall–Kier alpha value is -3.28. The normalized spacial score (nSPS) is 14.1. The van der Waals surface area contributed by atoms with E-state index in [2.05, 4.69) is 6.92 Å². The lowest BCUT2D eigenvalue weighted by molar-refractivity contribution is -0.148. The molecule has 1 heterocycles. The van der Waals surface area contributed by atoms with Gasteiger partial charge in [-0.1, -0.05) is 63.6 Å². The summed E-state index contributed by atoms with van der Waals surface area (Å²) in [5.74, 6) is -2.52. The van der Waals surface area contributed by atoms with E-state index in [0.29, 0.717) is 5.56 Å². The van der Waals surface area contributed by atoms with E-state index in [4.69, 9.17) is 4.74 Å². The number of carbonyl (C=O) groups is 4. The monoisotopic (exact) mass is 407 g/mol. The summed E-state index contributed by atoms with van der Waals surface area (Å²) in [6.45, 7) is 5.09. The molecule has 30 heavy (non-hydrogen) atoms. The highest BCUT2D eigenvalue weighted by atomic mass is 16.5. The van der Waals surface area contributed by atoms with Crippen LogP contribution in [-0.2, 0) is 16.0 Å². The molecule has 6 nitrogen and oxygen atoms in total. The van der Waals surface area contributed by atoms with Gasteiger partial charge < -0.3 is 4.74 Å². The van der Waals surface area contributed by atoms with Crippen LogP contribution < -0.4 is 0 Å². The number of hydrogen-bond donors (Lipinski definition) is 0. The summed E-state index contributed by atoms with van der Waals surface area (Å²) in [5, 5.41) is 0. The number of hydrogen-bond acceptors (Lipinski definition) is 5. The lowest BCUT2D eigenvalue weighted by Crippen LogP contribution is -2.49. The van der Waals surface area contributed by atoms with Crippen LogP contribution in [0, 0.1) is 5.92 Å². The van der Waals surface area contributed by atoms with Crippen molar-refractivity contribution in [2.45, 2.75) is 39.7 Å². The van der Waals surface area contributed by atoms with Gasteiger partial charge in [0.15, 0.2) is 12.4 Å². The highest BCUT2D eigenvalue weighted by molar-refractivity contribution is 6.22. The molecule has 0 aromatic heterocycles. The molecule has 1 atom stereocenters. The fraction of sp³-hybridized carbons (Fsp3) is 0.333. The average molecular weight is 407 g/mol. The number of benzene rings is 2. The van der Waals surface area contributed by atoms with E-state index in [1.807, 2.05) is 12.1 Å². The number of nitrogens with zero attached hydrogens (tertiary/aromatic N) is 1. The Balaban J connectivity index is 1.70. The van der Waals surface area contributed by atoms with E-state index in [-0.39, 0.29) is 22.8 Å². The number of Topliss-reactive ketones (excluding diaryl/α,β-unsaturated/α-hetero) is 1. The van der Waals surface area contributed by atoms with Gasteiger partial charge in [-0.05, 0) is 30.0 Å². The van der Waals surface area contributed by atoms with E-state index in [0.717, 1.165) is 23.3 Å². The van der Waals surface area contributed by atoms with Crippen LogP contribution in [0.15, 0.2) is 48.5 Å². The Morgan fingerprint density at radius 1 is 0.933 bits per heavy atom. The summed E-state index contributed by atoms with van der Waals surface area (Å²) >= 11 is 0. The van der Waals surface area contributed by atoms with Crippen LogP contribution in [0.5, 0.6) is 0 Å². The number of amides is 2. The van der Waals surface area contributed by atoms with Gasteiger partial charge >= 0.3 is 5.97 Å². The smallest absolute Gasteiger partial charge is 0.330 e. The number of carbonyl (C=O) groups excluding carboxylic acids is 4. The van der Waals surface area contributed by atoms with Crippen molar-refractivity contribution in [1.82, 2.24) is 4.90 Å². The minimum atomic E-state index is -1.10. The molecule has 0 saturated heterocycles. The Labute approximate surface area is 175 Å². The van der Waals surface area contributed by atoms with Crippen molar-refractivity contribution in [2.75, 3.05) is 6.61 Å². The van der Waals surface area contributed by atoms with Crippen LogP contribution in [-0.4, -0.2) is 41.1 Å². The number of fused-ring (bicyclic) bond motifs is 1. The van der Waals surface area contributed by atoms with Gasteiger partial charge in [-0.25, -0.2) is 4.79 Å². The molecule has 0 bridgehead atoms. The molecule has 1 aliphatic rings. The molecule has 0 fully saturated rings. The summed E-state index contributed by atoms with van der Waals surface area (Å²) in [5.41, 5.74) is 2.12. The van der Waals surface area contributed by atoms with Gasteiger partial charge in [0, 0.05) is 5.56 Å². The van der Waals surface area contributed by atoms with Crippen LogP contribution in [0.25, 0.3) is 0 Å². The second kappa shape index (κ2) is 9.03. The molecule has 0 N–H and O–H groups in total. The van der Waals surface area contributed by atoms with Crippen molar-refractivity contribution in [3.05, 3.63) is 70.8 Å². The molecule has 1 aliphatic heterocycles. The zero-order chi connectivity index (χ0) is 21.8. The van der Waals surface area contributed by atoms with Gasteiger partial charge in [0.25, 0.3) is 11.8 Å². The molecule has 6 heteroatoms. The molecule has 0 saturated carbocycles. The van der Waals surface area contributed by atoms with E-state index in [1.54, 1.807) is 50.2 Å². The van der Waals surface area contributed by atoms with Crippen molar-refractivity contribution in [1.29, 1.82) is 0 Å². The summed E-state index contributed by atoms with van der Waals surface area (Å²) < 4.78 is 5.23. The molecule has 0 unspecified atom stereocenters. The molecule has 0 aliphatic carbocycles. The molecule has 3 rings (SSSR count). The van der Waals surface area contributed by atoms with E-state index < -0.39 is 30.4 Å². The highest BCUT2D eigenvalue weighted by Crippen LogP contribution is 2.27. The van der Waals surface area contributed by atoms with E-state index in [1.165, 1.54) is 0 Å². The number of aryl methyl sites for hydroxylation is 1. The fourth-order valence-electron chi connectivity index (χ4n) is 3.59.